The minimum Gasteiger partial charge on any atom is -0.473 e. The fraction of sp³-hybridized carbons (Fsp3) is 0.625. The number of carbonyl (C=O) groups excluding carboxylic acids is 1. The molecule has 2 aliphatic rings. The number of carbonyl (C=O) groups is 1. The third-order valence-electron chi connectivity index (χ3n) is 4.07. The van der Waals surface area contributed by atoms with Crippen molar-refractivity contribution in [1.29, 1.82) is 0 Å². The zero-order valence-corrected chi connectivity index (χ0v) is 13.4. The van der Waals surface area contributed by atoms with Gasteiger partial charge in [0.25, 0.3) is 5.91 Å². The zero-order valence-electron chi connectivity index (χ0n) is 12.6. The molecule has 3 heterocycles. The first-order valence-electron chi connectivity index (χ1n) is 7.87. The molecule has 1 unspecified atom stereocenters. The standard InChI is InChI=1S/C16H22N2O3S/c19-16(18-9-12-3-6-20-7-4-12)13-1-2-15(17-10-13)21-14-5-8-22-11-14/h1-2,10,12,14H,3-9,11H2,(H,18,19). The van der Waals surface area contributed by atoms with Gasteiger partial charge in [-0.3, -0.25) is 4.79 Å². The van der Waals surface area contributed by atoms with Crippen molar-refractivity contribution in [2.75, 3.05) is 31.3 Å². The number of thioether (sulfide) groups is 1. The number of ether oxygens (including phenoxy) is 2. The van der Waals surface area contributed by atoms with E-state index >= 15 is 0 Å². The van der Waals surface area contributed by atoms with Crippen LogP contribution < -0.4 is 10.1 Å². The smallest absolute Gasteiger partial charge is 0.252 e. The van der Waals surface area contributed by atoms with E-state index in [1.165, 1.54) is 0 Å². The summed E-state index contributed by atoms with van der Waals surface area (Å²) in [5.41, 5.74) is 0.584. The van der Waals surface area contributed by atoms with Gasteiger partial charge in [0.15, 0.2) is 0 Å². The highest BCUT2D eigenvalue weighted by Crippen LogP contribution is 2.22. The molecule has 5 nitrogen and oxygen atoms in total. The topological polar surface area (TPSA) is 60.5 Å². The van der Waals surface area contributed by atoms with E-state index in [2.05, 4.69) is 10.3 Å². The molecular formula is C16H22N2O3S. The Morgan fingerprint density at radius 2 is 2.23 bits per heavy atom. The van der Waals surface area contributed by atoms with Crippen LogP contribution in [-0.2, 0) is 4.74 Å². The van der Waals surface area contributed by atoms with Crippen molar-refractivity contribution in [2.45, 2.75) is 25.4 Å². The molecule has 3 rings (SSSR count). The molecule has 1 amide bonds. The van der Waals surface area contributed by atoms with Gasteiger partial charge in [0, 0.05) is 37.8 Å². The number of amides is 1. The summed E-state index contributed by atoms with van der Waals surface area (Å²) in [5, 5.41) is 2.98. The number of nitrogens with zero attached hydrogens (tertiary/aromatic N) is 1. The number of hydrogen-bond acceptors (Lipinski definition) is 5. The van der Waals surface area contributed by atoms with Crippen molar-refractivity contribution in [1.82, 2.24) is 10.3 Å². The number of hydrogen-bond donors (Lipinski definition) is 1. The second-order valence-electron chi connectivity index (χ2n) is 5.75. The summed E-state index contributed by atoms with van der Waals surface area (Å²) in [4.78, 5) is 16.4. The third-order valence-corrected chi connectivity index (χ3v) is 5.20. The molecule has 0 saturated carbocycles. The van der Waals surface area contributed by atoms with Gasteiger partial charge < -0.3 is 14.8 Å². The quantitative estimate of drug-likeness (QED) is 0.900. The molecule has 2 fully saturated rings. The third kappa shape index (κ3) is 4.36. The molecule has 0 radical (unpaired) electrons. The molecule has 0 spiro atoms. The van der Waals surface area contributed by atoms with E-state index in [-0.39, 0.29) is 12.0 Å². The Kier molecular flexibility index (Phi) is 5.56. The van der Waals surface area contributed by atoms with Crippen LogP contribution in [0.4, 0.5) is 0 Å². The first kappa shape index (κ1) is 15.6. The van der Waals surface area contributed by atoms with E-state index in [1.807, 2.05) is 11.8 Å². The average Bonchev–Trinajstić information content (AvgIpc) is 3.07. The minimum absolute atomic E-state index is 0.0676. The van der Waals surface area contributed by atoms with Crippen LogP contribution in [0.1, 0.15) is 29.6 Å². The lowest BCUT2D eigenvalue weighted by Gasteiger charge is -2.22. The highest BCUT2D eigenvalue weighted by atomic mass is 32.2. The monoisotopic (exact) mass is 322 g/mol. The van der Waals surface area contributed by atoms with E-state index in [4.69, 9.17) is 9.47 Å². The first-order chi connectivity index (χ1) is 10.8. The van der Waals surface area contributed by atoms with Crippen molar-refractivity contribution in [2.24, 2.45) is 5.92 Å². The van der Waals surface area contributed by atoms with Crippen LogP contribution in [0.5, 0.6) is 5.88 Å². The van der Waals surface area contributed by atoms with Crippen molar-refractivity contribution >= 4 is 17.7 Å². The Balaban J connectivity index is 1.47. The Labute approximate surface area is 135 Å². The van der Waals surface area contributed by atoms with Gasteiger partial charge >= 0.3 is 0 Å². The largest absolute Gasteiger partial charge is 0.473 e. The van der Waals surface area contributed by atoms with Crippen LogP contribution >= 0.6 is 11.8 Å². The van der Waals surface area contributed by atoms with Crippen LogP contribution in [0.3, 0.4) is 0 Å². The van der Waals surface area contributed by atoms with Crippen molar-refractivity contribution in [3.63, 3.8) is 0 Å². The Morgan fingerprint density at radius 3 is 2.91 bits per heavy atom. The van der Waals surface area contributed by atoms with E-state index in [0.717, 1.165) is 44.0 Å². The summed E-state index contributed by atoms with van der Waals surface area (Å²) in [6, 6.07) is 3.57. The lowest BCUT2D eigenvalue weighted by molar-refractivity contribution is 0.0642. The summed E-state index contributed by atoms with van der Waals surface area (Å²) in [7, 11) is 0. The lowest BCUT2D eigenvalue weighted by atomic mass is 10.0. The van der Waals surface area contributed by atoms with Gasteiger partial charge in [-0.25, -0.2) is 4.98 Å². The molecule has 2 aliphatic heterocycles. The van der Waals surface area contributed by atoms with Gasteiger partial charge in [0.2, 0.25) is 5.88 Å². The molecule has 1 aromatic rings. The molecule has 6 heteroatoms. The van der Waals surface area contributed by atoms with Crippen LogP contribution in [0, 0.1) is 5.92 Å². The first-order valence-corrected chi connectivity index (χ1v) is 9.03. The zero-order chi connectivity index (χ0) is 15.2. The molecule has 1 atom stereocenters. The number of aromatic nitrogens is 1. The molecule has 0 bridgehead atoms. The van der Waals surface area contributed by atoms with Gasteiger partial charge in [-0.15, -0.1) is 0 Å². The summed E-state index contributed by atoms with van der Waals surface area (Å²) in [6.07, 6.45) is 4.96. The summed E-state index contributed by atoms with van der Waals surface area (Å²) in [6.45, 7) is 2.31. The summed E-state index contributed by atoms with van der Waals surface area (Å²) >= 11 is 1.90. The van der Waals surface area contributed by atoms with Crippen molar-refractivity contribution in [3.05, 3.63) is 23.9 Å². The lowest BCUT2D eigenvalue weighted by Crippen LogP contribution is -2.32. The SMILES string of the molecule is O=C(NCC1CCOCC1)c1ccc(OC2CCSC2)nc1. The van der Waals surface area contributed by atoms with Crippen LogP contribution in [0.2, 0.25) is 0 Å². The highest BCUT2D eigenvalue weighted by Gasteiger charge is 2.18. The Hall–Kier alpha value is -1.27. The molecule has 1 N–H and O–H groups in total. The van der Waals surface area contributed by atoms with Gasteiger partial charge in [-0.1, -0.05) is 0 Å². The second kappa shape index (κ2) is 7.83. The van der Waals surface area contributed by atoms with Crippen LogP contribution in [0.25, 0.3) is 0 Å². The van der Waals surface area contributed by atoms with E-state index in [9.17, 15) is 4.79 Å². The van der Waals surface area contributed by atoms with E-state index < -0.39 is 0 Å². The van der Waals surface area contributed by atoms with Gasteiger partial charge in [-0.2, -0.15) is 11.8 Å². The maximum absolute atomic E-state index is 12.1. The summed E-state index contributed by atoms with van der Waals surface area (Å²) in [5.74, 6) is 3.23. The number of nitrogens with one attached hydrogen (secondary N) is 1. The average molecular weight is 322 g/mol. The van der Waals surface area contributed by atoms with Gasteiger partial charge in [0.1, 0.15) is 6.10 Å². The fourth-order valence-corrected chi connectivity index (χ4v) is 3.74. The van der Waals surface area contributed by atoms with Crippen molar-refractivity contribution in [3.8, 4) is 5.88 Å². The number of pyridine rings is 1. The van der Waals surface area contributed by atoms with E-state index in [1.54, 1.807) is 18.3 Å². The molecule has 22 heavy (non-hydrogen) atoms. The molecule has 2 saturated heterocycles. The van der Waals surface area contributed by atoms with Crippen molar-refractivity contribution < 1.29 is 14.3 Å². The second-order valence-corrected chi connectivity index (χ2v) is 6.90. The molecule has 1 aromatic heterocycles. The van der Waals surface area contributed by atoms with Crippen LogP contribution in [0.15, 0.2) is 18.3 Å². The Bertz CT molecular complexity index is 483. The normalized spacial score (nSPS) is 22.5. The van der Waals surface area contributed by atoms with Crippen LogP contribution in [-0.4, -0.2) is 48.3 Å². The van der Waals surface area contributed by atoms with Gasteiger partial charge in [-0.05, 0) is 37.0 Å². The predicted octanol–water partition coefficient (Wildman–Crippen LogP) is 2.12. The highest BCUT2D eigenvalue weighted by molar-refractivity contribution is 7.99. The number of rotatable bonds is 5. The molecule has 120 valence electrons. The Morgan fingerprint density at radius 1 is 1.36 bits per heavy atom. The molecule has 0 aliphatic carbocycles. The maximum atomic E-state index is 12.1. The van der Waals surface area contributed by atoms with Gasteiger partial charge in [0.05, 0.1) is 5.56 Å². The minimum atomic E-state index is -0.0676. The fourth-order valence-electron chi connectivity index (χ4n) is 2.65. The maximum Gasteiger partial charge on any atom is 0.252 e. The molecule has 0 aromatic carbocycles. The molecular weight excluding hydrogens is 300 g/mol. The predicted molar refractivity (Wildman–Crippen MR) is 86.5 cm³/mol. The summed E-state index contributed by atoms with van der Waals surface area (Å²) < 4.78 is 11.1. The van der Waals surface area contributed by atoms with E-state index in [0.29, 0.717) is 23.9 Å².